The standard InChI is InChI=1S/C30H38N4O2/c1-32(2)18-19-34(20-22-10-4-3-5-11-22)30(36)26-14-7-6-13-25(26)29(35)33-17-16-24-23-12-8-9-15-27(23)31-28(24)21-33/h3-5,8-12,15,25-26,31H,6-7,13-14,16-21H2,1-2H3. The second-order valence-corrected chi connectivity index (χ2v) is 10.7. The second kappa shape index (κ2) is 10.9. The summed E-state index contributed by atoms with van der Waals surface area (Å²) in [5, 5.41) is 1.27. The van der Waals surface area contributed by atoms with E-state index in [9.17, 15) is 9.59 Å². The highest BCUT2D eigenvalue weighted by Gasteiger charge is 2.40. The molecule has 3 aromatic rings. The van der Waals surface area contributed by atoms with Gasteiger partial charge in [0, 0.05) is 54.6 Å². The molecular weight excluding hydrogens is 448 g/mol. The van der Waals surface area contributed by atoms with Crippen molar-refractivity contribution >= 4 is 22.7 Å². The van der Waals surface area contributed by atoms with Crippen molar-refractivity contribution < 1.29 is 9.59 Å². The summed E-state index contributed by atoms with van der Waals surface area (Å²) in [6.07, 6.45) is 4.49. The predicted molar refractivity (Wildman–Crippen MR) is 143 cm³/mol. The van der Waals surface area contributed by atoms with Gasteiger partial charge in [0.25, 0.3) is 0 Å². The Morgan fingerprint density at radius 3 is 2.44 bits per heavy atom. The summed E-state index contributed by atoms with van der Waals surface area (Å²) in [4.78, 5) is 37.5. The first-order valence-electron chi connectivity index (χ1n) is 13.4. The van der Waals surface area contributed by atoms with E-state index in [0.29, 0.717) is 19.6 Å². The number of hydrogen-bond donors (Lipinski definition) is 1. The van der Waals surface area contributed by atoms with Crippen LogP contribution in [0, 0.1) is 11.8 Å². The van der Waals surface area contributed by atoms with Gasteiger partial charge in [-0.1, -0.05) is 61.4 Å². The van der Waals surface area contributed by atoms with Gasteiger partial charge in [-0.05, 0) is 50.6 Å². The van der Waals surface area contributed by atoms with E-state index in [4.69, 9.17) is 0 Å². The third-order valence-corrected chi connectivity index (χ3v) is 7.94. The second-order valence-electron chi connectivity index (χ2n) is 10.7. The number of amides is 2. The third kappa shape index (κ3) is 5.19. The maximum Gasteiger partial charge on any atom is 0.226 e. The van der Waals surface area contributed by atoms with Crippen molar-refractivity contribution in [3.05, 3.63) is 71.4 Å². The number of hydrogen-bond acceptors (Lipinski definition) is 3. The topological polar surface area (TPSA) is 59.7 Å². The Hall–Kier alpha value is -3.12. The number of para-hydroxylation sites is 1. The van der Waals surface area contributed by atoms with Crippen LogP contribution in [-0.4, -0.2) is 65.2 Å². The summed E-state index contributed by atoms with van der Waals surface area (Å²) < 4.78 is 0. The number of rotatable bonds is 7. The van der Waals surface area contributed by atoms with Crippen molar-refractivity contribution in [2.45, 2.75) is 45.2 Å². The highest BCUT2D eigenvalue weighted by Crippen LogP contribution is 2.35. The summed E-state index contributed by atoms with van der Waals surface area (Å²) in [7, 11) is 4.07. The van der Waals surface area contributed by atoms with E-state index in [2.05, 4.69) is 40.2 Å². The quantitative estimate of drug-likeness (QED) is 0.537. The molecule has 36 heavy (non-hydrogen) atoms. The molecule has 5 rings (SSSR count). The average Bonchev–Trinajstić information content (AvgIpc) is 3.28. The molecule has 0 bridgehead atoms. The number of fused-ring (bicyclic) bond motifs is 3. The number of nitrogens with zero attached hydrogens (tertiary/aromatic N) is 3. The summed E-state index contributed by atoms with van der Waals surface area (Å²) >= 11 is 0. The minimum atomic E-state index is -0.235. The van der Waals surface area contributed by atoms with Crippen LogP contribution in [0.1, 0.15) is 42.5 Å². The van der Waals surface area contributed by atoms with Crippen molar-refractivity contribution in [2.75, 3.05) is 33.7 Å². The Morgan fingerprint density at radius 2 is 1.67 bits per heavy atom. The lowest BCUT2D eigenvalue weighted by atomic mass is 9.77. The van der Waals surface area contributed by atoms with Gasteiger partial charge in [0.15, 0.2) is 0 Å². The van der Waals surface area contributed by atoms with Gasteiger partial charge in [-0.25, -0.2) is 0 Å². The maximum absolute atomic E-state index is 14.0. The lowest BCUT2D eigenvalue weighted by Crippen LogP contribution is -2.48. The highest BCUT2D eigenvalue weighted by molar-refractivity contribution is 5.89. The van der Waals surface area contributed by atoms with Crippen LogP contribution in [0.2, 0.25) is 0 Å². The Morgan fingerprint density at radius 1 is 0.944 bits per heavy atom. The maximum atomic E-state index is 14.0. The van der Waals surface area contributed by atoms with Crippen molar-refractivity contribution in [3.8, 4) is 0 Å². The van der Waals surface area contributed by atoms with Crippen LogP contribution in [0.25, 0.3) is 10.9 Å². The minimum Gasteiger partial charge on any atom is -0.357 e. The smallest absolute Gasteiger partial charge is 0.226 e. The van der Waals surface area contributed by atoms with Crippen LogP contribution in [0.15, 0.2) is 54.6 Å². The predicted octanol–water partition coefficient (Wildman–Crippen LogP) is 4.45. The van der Waals surface area contributed by atoms with Crippen LogP contribution in [0.4, 0.5) is 0 Å². The number of aromatic amines is 1. The summed E-state index contributed by atoms with van der Waals surface area (Å²) in [5.74, 6) is -0.164. The van der Waals surface area contributed by atoms with E-state index in [0.717, 1.165) is 62.0 Å². The molecule has 0 saturated heterocycles. The van der Waals surface area contributed by atoms with Crippen molar-refractivity contribution in [2.24, 2.45) is 11.8 Å². The highest BCUT2D eigenvalue weighted by atomic mass is 16.2. The van der Waals surface area contributed by atoms with E-state index in [1.165, 1.54) is 10.9 Å². The zero-order chi connectivity index (χ0) is 25.1. The van der Waals surface area contributed by atoms with Crippen LogP contribution >= 0.6 is 0 Å². The largest absolute Gasteiger partial charge is 0.357 e. The molecule has 0 radical (unpaired) electrons. The molecular formula is C30H38N4O2. The Labute approximate surface area is 214 Å². The van der Waals surface area contributed by atoms with E-state index in [-0.39, 0.29) is 23.7 Å². The summed E-state index contributed by atoms with van der Waals surface area (Å²) in [5.41, 5.74) is 4.75. The van der Waals surface area contributed by atoms with Gasteiger partial charge in [-0.15, -0.1) is 0 Å². The molecule has 2 aliphatic rings. The molecule has 1 fully saturated rings. The van der Waals surface area contributed by atoms with E-state index in [1.54, 1.807) is 0 Å². The molecule has 2 aromatic carbocycles. The number of nitrogens with one attached hydrogen (secondary N) is 1. The fourth-order valence-electron chi connectivity index (χ4n) is 5.96. The first kappa shape index (κ1) is 24.6. The molecule has 1 aliphatic carbocycles. The first-order chi connectivity index (χ1) is 17.5. The molecule has 0 spiro atoms. The van der Waals surface area contributed by atoms with Gasteiger partial charge in [0.1, 0.15) is 0 Å². The molecule has 6 heteroatoms. The lowest BCUT2D eigenvalue weighted by Gasteiger charge is -2.38. The molecule has 2 unspecified atom stereocenters. The Balaban J connectivity index is 1.33. The number of benzene rings is 2. The lowest BCUT2D eigenvalue weighted by molar-refractivity contribution is -0.149. The molecule has 1 aliphatic heterocycles. The first-order valence-corrected chi connectivity index (χ1v) is 13.4. The minimum absolute atomic E-state index is 0.141. The Bertz CT molecular complexity index is 1200. The number of H-pyrrole nitrogens is 1. The molecule has 2 heterocycles. The van der Waals surface area contributed by atoms with E-state index in [1.807, 2.05) is 48.2 Å². The van der Waals surface area contributed by atoms with Crippen LogP contribution in [0.3, 0.4) is 0 Å². The fraction of sp³-hybridized carbons (Fsp3) is 0.467. The fourth-order valence-corrected chi connectivity index (χ4v) is 5.96. The van der Waals surface area contributed by atoms with Crippen LogP contribution < -0.4 is 0 Å². The summed E-state index contributed by atoms with van der Waals surface area (Å²) in [6.45, 7) is 3.39. The SMILES string of the molecule is CN(C)CCN(Cc1ccccc1)C(=O)C1CCCCC1C(=O)N1CCc2c([nH]c3ccccc23)C1. The third-order valence-electron chi connectivity index (χ3n) is 7.94. The molecule has 190 valence electrons. The van der Waals surface area contributed by atoms with E-state index < -0.39 is 0 Å². The zero-order valence-electron chi connectivity index (χ0n) is 21.6. The van der Waals surface area contributed by atoms with Crippen molar-refractivity contribution in [1.29, 1.82) is 0 Å². The van der Waals surface area contributed by atoms with Crippen molar-refractivity contribution in [1.82, 2.24) is 19.7 Å². The summed E-state index contributed by atoms with van der Waals surface area (Å²) in [6, 6.07) is 18.6. The van der Waals surface area contributed by atoms with Crippen LogP contribution in [0.5, 0.6) is 0 Å². The van der Waals surface area contributed by atoms with Crippen LogP contribution in [-0.2, 0) is 29.1 Å². The van der Waals surface area contributed by atoms with Gasteiger partial charge in [-0.3, -0.25) is 9.59 Å². The number of carbonyl (C=O) groups excluding carboxylic acids is 2. The van der Waals surface area contributed by atoms with Gasteiger partial charge < -0.3 is 19.7 Å². The molecule has 2 amide bonds. The van der Waals surface area contributed by atoms with E-state index >= 15 is 0 Å². The van der Waals surface area contributed by atoms with Gasteiger partial charge >= 0.3 is 0 Å². The van der Waals surface area contributed by atoms with Gasteiger partial charge in [-0.2, -0.15) is 0 Å². The van der Waals surface area contributed by atoms with Gasteiger partial charge in [0.2, 0.25) is 11.8 Å². The van der Waals surface area contributed by atoms with Crippen molar-refractivity contribution in [3.63, 3.8) is 0 Å². The molecule has 6 nitrogen and oxygen atoms in total. The molecule has 1 aromatic heterocycles. The number of likely N-dealkylation sites (N-methyl/N-ethyl adjacent to an activating group) is 1. The van der Waals surface area contributed by atoms with Gasteiger partial charge in [0.05, 0.1) is 6.54 Å². The average molecular weight is 487 g/mol. The zero-order valence-corrected chi connectivity index (χ0v) is 21.6. The monoisotopic (exact) mass is 486 g/mol. The Kier molecular flexibility index (Phi) is 7.42. The molecule has 1 N–H and O–H groups in total. The molecule has 1 saturated carbocycles. The number of carbonyl (C=O) groups is 2. The normalized spacial score (nSPS) is 19.9. The molecule has 2 atom stereocenters. The number of aromatic nitrogens is 1.